The van der Waals surface area contributed by atoms with Crippen LogP contribution >= 0.6 is 0 Å². The molecule has 0 bridgehead atoms. The van der Waals surface area contributed by atoms with E-state index in [-0.39, 0.29) is 12.1 Å². The highest BCUT2D eigenvalue weighted by atomic mass is 16.5. The molecular weight excluding hydrogens is 416 g/mol. The van der Waals surface area contributed by atoms with Crippen molar-refractivity contribution in [1.82, 2.24) is 14.8 Å². The Labute approximate surface area is 195 Å². The molecule has 2 amide bonds. The summed E-state index contributed by atoms with van der Waals surface area (Å²) in [5, 5.41) is 3.07. The van der Waals surface area contributed by atoms with Crippen LogP contribution in [0.3, 0.4) is 0 Å². The highest BCUT2D eigenvalue weighted by molar-refractivity contribution is 5.91. The molecule has 174 valence electrons. The third-order valence-electron chi connectivity index (χ3n) is 6.17. The number of pyridine rings is 1. The lowest BCUT2D eigenvalue weighted by molar-refractivity contribution is 0.119. The van der Waals surface area contributed by atoms with Crippen LogP contribution in [-0.4, -0.2) is 53.6 Å². The number of piperidine rings is 1. The zero-order chi connectivity index (χ0) is 23.0. The Kier molecular flexibility index (Phi) is 7.62. The second-order valence-corrected chi connectivity index (χ2v) is 8.49. The van der Waals surface area contributed by atoms with Crippen molar-refractivity contribution in [2.24, 2.45) is 0 Å². The number of benzene rings is 1. The summed E-state index contributed by atoms with van der Waals surface area (Å²) in [4.78, 5) is 22.2. The molecule has 7 heteroatoms. The number of aryl methyl sites for hydroxylation is 1. The van der Waals surface area contributed by atoms with Crippen molar-refractivity contribution in [3.05, 3.63) is 78.0 Å². The smallest absolute Gasteiger partial charge is 0.322 e. The summed E-state index contributed by atoms with van der Waals surface area (Å²) in [6, 6.07) is 15.6. The van der Waals surface area contributed by atoms with E-state index < -0.39 is 0 Å². The molecule has 0 unspecified atom stereocenters. The van der Waals surface area contributed by atoms with E-state index in [9.17, 15) is 4.79 Å². The predicted octanol–water partition coefficient (Wildman–Crippen LogP) is 4.73. The van der Waals surface area contributed by atoms with E-state index >= 15 is 0 Å². The van der Waals surface area contributed by atoms with Crippen LogP contribution in [0.25, 0.3) is 0 Å². The third-order valence-corrected chi connectivity index (χ3v) is 6.17. The number of nitrogens with zero attached hydrogens (tertiary/aromatic N) is 3. The van der Waals surface area contributed by atoms with E-state index in [1.165, 1.54) is 0 Å². The summed E-state index contributed by atoms with van der Waals surface area (Å²) < 4.78 is 11.0. The number of furan rings is 1. The van der Waals surface area contributed by atoms with Gasteiger partial charge in [0.1, 0.15) is 11.5 Å². The van der Waals surface area contributed by atoms with Crippen LogP contribution < -0.4 is 10.1 Å². The van der Waals surface area contributed by atoms with Gasteiger partial charge in [0.2, 0.25) is 0 Å². The van der Waals surface area contributed by atoms with Crippen LogP contribution in [0.5, 0.6) is 5.75 Å². The van der Waals surface area contributed by atoms with Gasteiger partial charge in [-0.25, -0.2) is 4.79 Å². The van der Waals surface area contributed by atoms with E-state index in [2.05, 4.69) is 21.3 Å². The summed E-state index contributed by atoms with van der Waals surface area (Å²) in [6.45, 7) is 5.32. The molecule has 2 aromatic heterocycles. The van der Waals surface area contributed by atoms with Gasteiger partial charge in [-0.3, -0.25) is 4.98 Å². The molecular formula is C26H32N4O3. The number of aromatic nitrogens is 1. The molecule has 0 aliphatic carbocycles. The number of urea groups is 1. The first kappa shape index (κ1) is 22.9. The maximum absolute atomic E-state index is 13.4. The topological polar surface area (TPSA) is 70.8 Å². The zero-order valence-corrected chi connectivity index (χ0v) is 19.4. The van der Waals surface area contributed by atoms with Gasteiger partial charge in [-0.05, 0) is 61.7 Å². The van der Waals surface area contributed by atoms with Crippen LogP contribution in [0.2, 0.25) is 0 Å². The number of hydrogen-bond acceptors (Lipinski definition) is 5. The van der Waals surface area contributed by atoms with E-state index in [1.807, 2.05) is 60.5 Å². The summed E-state index contributed by atoms with van der Waals surface area (Å²) in [5.74, 6) is 1.43. The van der Waals surface area contributed by atoms with Gasteiger partial charge in [0.25, 0.3) is 0 Å². The molecule has 3 aromatic rings. The van der Waals surface area contributed by atoms with Crippen molar-refractivity contribution in [3.8, 4) is 5.75 Å². The van der Waals surface area contributed by atoms with E-state index in [0.717, 1.165) is 55.9 Å². The molecule has 1 aromatic carbocycles. The Balaban J connectivity index is 1.41. The number of rotatable bonds is 8. The molecule has 1 N–H and O–H groups in total. The first-order valence-electron chi connectivity index (χ1n) is 11.5. The molecule has 1 fully saturated rings. The molecule has 1 saturated heterocycles. The number of anilines is 1. The van der Waals surface area contributed by atoms with Crippen molar-refractivity contribution in [3.63, 3.8) is 0 Å². The average molecular weight is 449 g/mol. The Morgan fingerprint density at radius 2 is 2.06 bits per heavy atom. The first-order chi connectivity index (χ1) is 16.1. The Hall–Kier alpha value is -3.32. The van der Waals surface area contributed by atoms with E-state index in [1.54, 1.807) is 13.4 Å². The molecule has 33 heavy (non-hydrogen) atoms. The van der Waals surface area contributed by atoms with Gasteiger partial charge in [-0.2, -0.15) is 0 Å². The molecule has 1 aliphatic rings. The normalized spacial score (nSPS) is 14.7. The summed E-state index contributed by atoms with van der Waals surface area (Å²) in [6.07, 6.45) is 6.27. The molecule has 4 rings (SSSR count). The largest absolute Gasteiger partial charge is 0.495 e. The van der Waals surface area contributed by atoms with Crippen molar-refractivity contribution < 1.29 is 13.9 Å². The second kappa shape index (κ2) is 11.0. The molecule has 0 spiro atoms. The molecule has 1 aliphatic heterocycles. The maximum Gasteiger partial charge on any atom is 0.322 e. The molecule has 0 radical (unpaired) electrons. The lowest BCUT2D eigenvalue weighted by atomic mass is 10.0. The minimum Gasteiger partial charge on any atom is -0.495 e. The minimum absolute atomic E-state index is 0.136. The standard InChI is InChI=1S/C26H32N4O3/c1-20-8-9-25(32-2)24(18-20)28-26(31)30(19-23-7-5-17-33-23)22-11-15-29(16-12-22)14-10-21-6-3-4-13-27-21/h3-9,13,17-18,22H,10-12,14-16,19H2,1-2H3,(H,28,31). The fraction of sp³-hybridized carbons (Fsp3) is 0.385. The van der Waals surface area contributed by atoms with Crippen LogP contribution in [0.15, 0.2) is 65.4 Å². The van der Waals surface area contributed by atoms with Gasteiger partial charge in [0, 0.05) is 44.0 Å². The van der Waals surface area contributed by atoms with E-state index in [0.29, 0.717) is 18.0 Å². The number of amides is 2. The number of nitrogens with one attached hydrogen (secondary N) is 1. The number of likely N-dealkylation sites (tertiary alicyclic amines) is 1. The Morgan fingerprint density at radius 3 is 2.76 bits per heavy atom. The first-order valence-corrected chi connectivity index (χ1v) is 11.5. The average Bonchev–Trinajstić information content (AvgIpc) is 3.36. The minimum atomic E-state index is -0.137. The highest BCUT2D eigenvalue weighted by Gasteiger charge is 2.29. The van der Waals surface area contributed by atoms with Gasteiger partial charge in [0.15, 0.2) is 0 Å². The predicted molar refractivity (Wildman–Crippen MR) is 128 cm³/mol. The molecule has 0 atom stereocenters. The van der Waals surface area contributed by atoms with Gasteiger partial charge in [-0.1, -0.05) is 12.1 Å². The number of carbonyl (C=O) groups is 1. The summed E-state index contributed by atoms with van der Waals surface area (Å²) in [7, 11) is 1.61. The van der Waals surface area contributed by atoms with Crippen LogP contribution in [0.4, 0.5) is 10.5 Å². The van der Waals surface area contributed by atoms with Crippen LogP contribution in [0.1, 0.15) is 29.9 Å². The van der Waals surface area contributed by atoms with Crippen LogP contribution in [0, 0.1) is 6.92 Å². The fourth-order valence-electron chi connectivity index (χ4n) is 4.32. The maximum atomic E-state index is 13.4. The third kappa shape index (κ3) is 6.14. The van der Waals surface area contributed by atoms with Crippen molar-refractivity contribution in [2.45, 2.75) is 38.8 Å². The SMILES string of the molecule is COc1ccc(C)cc1NC(=O)N(Cc1ccco1)C1CCN(CCc2ccccn2)CC1. The van der Waals surface area contributed by atoms with Crippen molar-refractivity contribution in [1.29, 1.82) is 0 Å². The number of methoxy groups -OCH3 is 1. The van der Waals surface area contributed by atoms with Crippen molar-refractivity contribution in [2.75, 3.05) is 32.1 Å². The quantitative estimate of drug-likeness (QED) is 0.539. The van der Waals surface area contributed by atoms with Crippen LogP contribution in [-0.2, 0) is 13.0 Å². The number of hydrogen-bond donors (Lipinski definition) is 1. The van der Waals surface area contributed by atoms with Crippen molar-refractivity contribution >= 4 is 11.7 Å². The lowest BCUT2D eigenvalue weighted by Gasteiger charge is -2.38. The van der Waals surface area contributed by atoms with Gasteiger partial charge >= 0.3 is 6.03 Å². The van der Waals surface area contributed by atoms with Gasteiger partial charge in [-0.15, -0.1) is 0 Å². The Morgan fingerprint density at radius 1 is 1.21 bits per heavy atom. The fourth-order valence-corrected chi connectivity index (χ4v) is 4.32. The highest BCUT2D eigenvalue weighted by Crippen LogP contribution is 2.27. The lowest BCUT2D eigenvalue weighted by Crippen LogP contribution is -2.48. The van der Waals surface area contributed by atoms with E-state index in [4.69, 9.17) is 9.15 Å². The van der Waals surface area contributed by atoms with Gasteiger partial charge < -0.3 is 24.3 Å². The number of ether oxygens (including phenoxy) is 1. The molecule has 7 nitrogen and oxygen atoms in total. The van der Waals surface area contributed by atoms with Gasteiger partial charge in [0.05, 0.1) is 25.6 Å². The second-order valence-electron chi connectivity index (χ2n) is 8.49. The number of carbonyl (C=O) groups excluding carboxylic acids is 1. The summed E-state index contributed by atoms with van der Waals surface area (Å²) >= 11 is 0. The Bertz CT molecular complexity index is 1020. The molecule has 3 heterocycles. The summed E-state index contributed by atoms with van der Waals surface area (Å²) in [5.41, 5.74) is 2.86. The molecule has 0 saturated carbocycles. The monoisotopic (exact) mass is 448 g/mol. The zero-order valence-electron chi connectivity index (χ0n) is 19.4.